The van der Waals surface area contributed by atoms with Crippen LogP contribution >= 0.6 is 0 Å². The first-order chi connectivity index (χ1) is 13.8. The number of carboxylic acid groups (broad SMARTS) is 2. The van der Waals surface area contributed by atoms with Crippen molar-refractivity contribution in [2.75, 3.05) is 26.2 Å². The zero-order chi connectivity index (χ0) is 21.6. The van der Waals surface area contributed by atoms with Crippen LogP contribution in [0.1, 0.15) is 39.2 Å². The van der Waals surface area contributed by atoms with Crippen LogP contribution in [0.25, 0.3) is 0 Å². The number of benzene rings is 1. The largest absolute Gasteiger partial charge is 0.494 e. The first-order valence-corrected chi connectivity index (χ1v) is 10.1. The summed E-state index contributed by atoms with van der Waals surface area (Å²) in [6.45, 7) is 11.9. The van der Waals surface area contributed by atoms with Crippen LogP contribution in [0.2, 0.25) is 0 Å². The maximum Gasteiger partial charge on any atom is 0.328 e. The fraction of sp³-hybridized carbons (Fsp3) is 0.545. The molecule has 0 unspecified atom stereocenters. The molecule has 7 nitrogen and oxygen atoms in total. The average molecular weight is 407 g/mol. The highest BCUT2D eigenvalue weighted by atomic mass is 16.5. The van der Waals surface area contributed by atoms with Crippen LogP contribution in [-0.2, 0) is 16.1 Å². The van der Waals surface area contributed by atoms with E-state index in [2.05, 4.69) is 42.3 Å². The second-order valence-electron chi connectivity index (χ2n) is 7.39. The Bertz CT molecular complexity index is 638. The third kappa shape index (κ3) is 11.3. The quantitative estimate of drug-likeness (QED) is 0.542. The van der Waals surface area contributed by atoms with Gasteiger partial charge in [-0.3, -0.25) is 4.90 Å². The predicted molar refractivity (Wildman–Crippen MR) is 113 cm³/mol. The molecule has 1 aromatic carbocycles. The normalized spacial score (nSPS) is 14.7. The lowest BCUT2D eigenvalue weighted by atomic mass is 10.0. The van der Waals surface area contributed by atoms with Gasteiger partial charge in [0.15, 0.2) is 0 Å². The lowest BCUT2D eigenvalue weighted by Crippen LogP contribution is -2.44. The highest BCUT2D eigenvalue weighted by Gasteiger charge is 2.21. The third-order valence-electron chi connectivity index (χ3n) is 4.39. The fourth-order valence-corrected chi connectivity index (χ4v) is 3.26. The molecule has 2 rings (SSSR count). The molecule has 1 aliphatic heterocycles. The predicted octanol–water partition coefficient (Wildman–Crippen LogP) is 3.01. The van der Waals surface area contributed by atoms with Gasteiger partial charge in [0.1, 0.15) is 5.75 Å². The standard InChI is InChI=1S/C18H30N2O.C4H4O4/c1-4-21-18-7-5-6-16(12-18)14-20(13-15(2)3)17-8-10-19-11-9-17;5-3(6)1-2-4(7)8/h5-7,12,15,17,19H,4,8-11,13-14H2,1-3H3;1-2H,(H,5,6)(H,7,8). The van der Waals surface area contributed by atoms with Crippen LogP contribution in [0.4, 0.5) is 0 Å². The Labute approximate surface area is 173 Å². The van der Waals surface area contributed by atoms with Crippen LogP contribution < -0.4 is 10.1 Å². The number of ether oxygens (including phenoxy) is 1. The van der Waals surface area contributed by atoms with E-state index in [1.54, 1.807) is 0 Å². The number of hydrogen-bond acceptors (Lipinski definition) is 5. The van der Waals surface area contributed by atoms with Crippen molar-refractivity contribution in [2.45, 2.75) is 46.2 Å². The van der Waals surface area contributed by atoms with Gasteiger partial charge < -0.3 is 20.3 Å². The molecule has 0 radical (unpaired) electrons. The number of carboxylic acids is 2. The Morgan fingerprint density at radius 3 is 2.34 bits per heavy atom. The highest BCUT2D eigenvalue weighted by molar-refractivity contribution is 5.89. The molecule has 1 saturated heterocycles. The van der Waals surface area contributed by atoms with E-state index < -0.39 is 11.9 Å². The van der Waals surface area contributed by atoms with Gasteiger partial charge in [0.05, 0.1) is 6.61 Å². The zero-order valence-electron chi connectivity index (χ0n) is 17.6. The van der Waals surface area contributed by atoms with Crippen LogP contribution in [0.15, 0.2) is 36.4 Å². The van der Waals surface area contributed by atoms with Crippen LogP contribution in [-0.4, -0.2) is 59.3 Å². The molecule has 0 spiro atoms. The molecule has 1 aliphatic rings. The van der Waals surface area contributed by atoms with E-state index in [0.717, 1.165) is 32.0 Å². The molecule has 0 atom stereocenters. The van der Waals surface area contributed by atoms with Gasteiger partial charge in [0, 0.05) is 31.3 Å². The number of hydrogen-bond donors (Lipinski definition) is 3. The molecule has 162 valence electrons. The summed E-state index contributed by atoms with van der Waals surface area (Å²) in [5.41, 5.74) is 1.36. The van der Waals surface area contributed by atoms with E-state index in [0.29, 0.717) is 24.1 Å². The van der Waals surface area contributed by atoms with Gasteiger partial charge in [0.2, 0.25) is 0 Å². The summed E-state index contributed by atoms with van der Waals surface area (Å²) in [6.07, 6.45) is 3.64. The Morgan fingerprint density at radius 2 is 1.83 bits per heavy atom. The van der Waals surface area contributed by atoms with Crippen molar-refractivity contribution < 1.29 is 24.5 Å². The van der Waals surface area contributed by atoms with Crippen LogP contribution in [0.3, 0.4) is 0 Å². The number of nitrogens with zero attached hydrogens (tertiary/aromatic N) is 1. The second kappa shape index (κ2) is 13.7. The molecule has 1 aromatic rings. The number of piperidine rings is 1. The molecular weight excluding hydrogens is 372 g/mol. The third-order valence-corrected chi connectivity index (χ3v) is 4.39. The summed E-state index contributed by atoms with van der Waals surface area (Å²) < 4.78 is 5.63. The molecule has 1 fully saturated rings. The van der Waals surface area contributed by atoms with E-state index in [1.807, 2.05) is 13.0 Å². The van der Waals surface area contributed by atoms with E-state index in [-0.39, 0.29) is 0 Å². The number of carbonyl (C=O) groups is 2. The summed E-state index contributed by atoms with van der Waals surface area (Å²) in [7, 11) is 0. The maximum atomic E-state index is 9.55. The van der Waals surface area contributed by atoms with Crippen molar-refractivity contribution in [2.24, 2.45) is 5.92 Å². The van der Waals surface area contributed by atoms with Crippen molar-refractivity contribution in [3.63, 3.8) is 0 Å². The lowest BCUT2D eigenvalue weighted by Gasteiger charge is -2.36. The summed E-state index contributed by atoms with van der Waals surface area (Å²) in [4.78, 5) is 21.8. The van der Waals surface area contributed by atoms with Gasteiger partial charge in [-0.15, -0.1) is 0 Å². The smallest absolute Gasteiger partial charge is 0.328 e. The number of nitrogens with one attached hydrogen (secondary N) is 1. The van der Waals surface area contributed by atoms with E-state index in [4.69, 9.17) is 14.9 Å². The Kier molecular flexibility index (Phi) is 11.7. The molecule has 0 aromatic heterocycles. The molecule has 0 amide bonds. The molecule has 0 bridgehead atoms. The number of aliphatic carboxylic acids is 2. The summed E-state index contributed by atoms with van der Waals surface area (Å²) in [6, 6.07) is 9.28. The SMILES string of the molecule is CCOc1cccc(CN(CC(C)C)C2CCNCC2)c1.O=C(O)C=CC(=O)O. The summed E-state index contributed by atoms with van der Waals surface area (Å²) in [5.74, 6) is -0.820. The Hall–Kier alpha value is -2.38. The van der Waals surface area contributed by atoms with Crippen LogP contribution in [0.5, 0.6) is 5.75 Å². The lowest BCUT2D eigenvalue weighted by molar-refractivity contribution is -0.134. The number of rotatable bonds is 9. The van der Waals surface area contributed by atoms with Gasteiger partial charge in [0.25, 0.3) is 0 Å². The van der Waals surface area contributed by atoms with Gasteiger partial charge in [-0.25, -0.2) is 9.59 Å². The zero-order valence-corrected chi connectivity index (χ0v) is 17.6. The fourth-order valence-electron chi connectivity index (χ4n) is 3.26. The molecule has 0 aliphatic carbocycles. The van der Waals surface area contributed by atoms with Crippen molar-refractivity contribution >= 4 is 11.9 Å². The first kappa shape index (κ1) is 24.7. The minimum atomic E-state index is -1.26. The van der Waals surface area contributed by atoms with Crippen molar-refractivity contribution in [3.8, 4) is 5.75 Å². The average Bonchev–Trinajstić information content (AvgIpc) is 2.67. The van der Waals surface area contributed by atoms with Crippen LogP contribution in [0, 0.1) is 5.92 Å². The van der Waals surface area contributed by atoms with Crippen molar-refractivity contribution in [1.82, 2.24) is 10.2 Å². The van der Waals surface area contributed by atoms with Gasteiger partial charge in [-0.2, -0.15) is 0 Å². The Morgan fingerprint density at radius 1 is 1.21 bits per heavy atom. The van der Waals surface area contributed by atoms with Crippen molar-refractivity contribution in [3.05, 3.63) is 42.0 Å². The second-order valence-corrected chi connectivity index (χ2v) is 7.39. The van der Waals surface area contributed by atoms with E-state index >= 15 is 0 Å². The minimum absolute atomic E-state index is 0.558. The first-order valence-electron chi connectivity index (χ1n) is 10.1. The molecule has 7 heteroatoms. The summed E-state index contributed by atoms with van der Waals surface area (Å²) in [5, 5.41) is 19.1. The topological polar surface area (TPSA) is 99.1 Å². The molecule has 3 N–H and O–H groups in total. The molecule has 29 heavy (non-hydrogen) atoms. The Balaban J connectivity index is 0.000000447. The maximum absolute atomic E-state index is 9.55. The summed E-state index contributed by atoms with van der Waals surface area (Å²) >= 11 is 0. The highest BCUT2D eigenvalue weighted by Crippen LogP contribution is 2.20. The van der Waals surface area contributed by atoms with E-state index in [1.165, 1.54) is 24.9 Å². The molecular formula is C22H34N2O5. The van der Waals surface area contributed by atoms with Gasteiger partial charge in [-0.05, 0) is 56.5 Å². The van der Waals surface area contributed by atoms with Gasteiger partial charge in [-0.1, -0.05) is 26.0 Å². The molecule has 1 heterocycles. The molecule has 0 saturated carbocycles. The minimum Gasteiger partial charge on any atom is -0.494 e. The van der Waals surface area contributed by atoms with Crippen molar-refractivity contribution in [1.29, 1.82) is 0 Å². The monoisotopic (exact) mass is 406 g/mol. The van der Waals surface area contributed by atoms with Gasteiger partial charge >= 0.3 is 11.9 Å². The van der Waals surface area contributed by atoms with E-state index in [9.17, 15) is 9.59 Å².